The van der Waals surface area contributed by atoms with Crippen LogP contribution in [0.5, 0.6) is 5.75 Å². The largest absolute Gasteiger partial charge is 0.497 e. The molecule has 1 amide bonds. The summed E-state index contributed by atoms with van der Waals surface area (Å²) in [6.45, 7) is 1.64. The zero-order valence-corrected chi connectivity index (χ0v) is 18.5. The Morgan fingerprint density at radius 1 is 1.03 bits per heavy atom. The van der Waals surface area contributed by atoms with Gasteiger partial charge in [0.15, 0.2) is 5.16 Å². The van der Waals surface area contributed by atoms with E-state index >= 15 is 0 Å². The predicted molar refractivity (Wildman–Crippen MR) is 124 cm³/mol. The first-order valence-electron chi connectivity index (χ1n) is 10.6. The molecule has 2 aromatic heterocycles. The number of hydrogen-bond acceptors (Lipinski definition) is 6. The second kappa shape index (κ2) is 8.66. The standard InChI is InChI=1S/C23H23N5O3S/c1-31-17-11-9-16(10-12-17)27-21(30)18-7-3-4-8-19(18)28-22(27)24-25-23(28)32-15-20(29)26-13-5-2-6-14-26/h3-4,7-12H,2,5-6,13-15H2,1H3. The van der Waals surface area contributed by atoms with E-state index < -0.39 is 0 Å². The number of hydrogen-bond donors (Lipinski definition) is 0. The normalized spacial score (nSPS) is 14.2. The van der Waals surface area contributed by atoms with Gasteiger partial charge >= 0.3 is 0 Å². The Balaban J connectivity index is 1.59. The molecule has 0 spiro atoms. The van der Waals surface area contributed by atoms with E-state index in [0.717, 1.165) is 31.4 Å². The van der Waals surface area contributed by atoms with Gasteiger partial charge < -0.3 is 9.64 Å². The Morgan fingerprint density at radius 3 is 2.53 bits per heavy atom. The van der Waals surface area contributed by atoms with Gasteiger partial charge in [-0.3, -0.25) is 14.0 Å². The Labute approximate surface area is 188 Å². The molecule has 1 aliphatic heterocycles. The average molecular weight is 450 g/mol. The molecule has 8 nitrogen and oxygen atoms in total. The Kier molecular flexibility index (Phi) is 5.57. The summed E-state index contributed by atoms with van der Waals surface area (Å²) in [5.74, 6) is 1.51. The van der Waals surface area contributed by atoms with Crippen LogP contribution in [0.2, 0.25) is 0 Å². The summed E-state index contributed by atoms with van der Waals surface area (Å²) >= 11 is 1.35. The van der Waals surface area contributed by atoms with E-state index in [-0.39, 0.29) is 17.2 Å². The summed E-state index contributed by atoms with van der Waals surface area (Å²) in [5, 5.41) is 9.82. The number of thioether (sulfide) groups is 1. The Morgan fingerprint density at radius 2 is 1.78 bits per heavy atom. The SMILES string of the molecule is COc1ccc(-n2c(=O)c3ccccc3n3c(SCC(=O)N4CCCCC4)nnc23)cc1. The first-order chi connectivity index (χ1) is 15.7. The number of fused-ring (bicyclic) bond motifs is 3. The molecule has 1 fully saturated rings. The van der Waals surface area contributed by atoms with Gasteiger partial charge in [-0.05, 0) is 55.7 Å². The number of ether oxygens (including phenoxy) is 1. The van der Waals surface area contributed by atoms with Crippen molar-refractivity contribution in [3.05, 3.63) is 58.9 Å². The third-order valence-corrected chi connectivity index (χ3v) is 6.67. The van der Waals surface area contributed by atoms with Gasteiger partial charge in [-0.1, -0.05) is 23.9 Å². The van der Waals surface area contributed by atoms with Crippen LogP contribution in [-0.4, -0.2) is 55.9 Å². The zero-order chi connectivity index (χ0) is 22.1. The fourth-order valence-corrected chi connectivity index (χ4v) is 4.94. The number of amides is 1. The van der Waals surface area contributed by atoms with Gasteiger partial charge in [0.05, 0.1) is 29.5 Å². The number of piperidine rings is 1. The van der Waals surface area contributed by atoms with E-state index in [2.05, 4.69) is 10.2 Å². The van der Waals surface area contributed by atoms with Crippen LogP contribution in [0.1, 0.15) is 19.3 Å². The van der Waals surface area contributed by atoms with Crippen molar-refractivity contribution < 1.29 is 9.53 Å². The summed E-state index contributed by atoms with van der Waals surface area (Å²) in [4.78, 5) is 28.0. The second-order valence-corrected chi connectivity index (χ2v) is 8.65. The number of carbonyl (C=O) groups is 1. The number of rotatable bonds is 5. The quantitative estimate of drug-likeness (QED) is 0.436. The van der Waals surface area contributed by atoms with E-state index in [4.69, 9.17) is 4.74 Å². The number of methoxy groups -OCH3 is 1. The zero-order valence-electron chi connectivity index (χ0n) is 17.7. The highest BCUT2D eigenvalue weighted by molar-refractivity contribution is 7.99. The van der Waals surface area contributed by atoms with E-state index in [0.29, 0.717) is 27.8 Å². The molecule has 0 bridgehead atoms. The molecule has 2 aromatic carbocycles. The van der Waals surface area contributed by atoms with Crippen molar-refractivity contribution in [2.75, 3.05) is 26.0 Å². The van der Waals surface area contributed by atoms with Gasteiger partial charge in [0.2, 0.25) is 11.7 Å². The summed E-state index contributed by atoms with van der Waals surface area (Å²) in [5.41, 5.74) is 1.21. The maximum Gasteiger partial charge on any atom is 0.267 e. The molecule has 0 saturated carbocycles. The lowest BCUT2D eigenvalue weighted by atomic mass is 10.1. The fourth-order valence-electron chi connectivity index (χ4n) is 4.10. The molecule has 0 radical (unpaired) electrons. The molecule has 1 saturated heterocycles. The molecule has 32 heavy (non-hydrogen) atoms. The minimum absolute atomic E-state index is 0.110. The lowest BCUT2D eigenvalue weighted by Gasteiger charge is -2.26. The number of benzene rings is 2. The van der Waals surface area contributed by atoms with Crippen molar-refractivity contribution in [2.24, 2.45) is 0 Å². The number of para-hydroxylation sites is 1. The van der Waals surface area contributed by atoms with Crippen LogP contribution in [0.4, 0.5) is 0 Å². The molecule has 5 rings (SSSR count). The van der Waals surface area contributed by atoms with Gasteiger partial charge in [-0.25, -0.2) is 4.57 Å². The number of likely N-dealkylation sites (tertiary alicyclic amines) is 1. The van der Waals surface area contributed by atoms with E-state index in [1.54, 1.807) is 29.9 Å². The summed E-state index contributed by atoms with van der Waals surface area (Å²) < 4.78 is 8.64. The van der Waals surface area contributed by atoms with Crippen molar-refractivity contribution >= 4 is 34.3 Å². The molecule has 0 unspecified atom stereocenters. The van der Waals surface area contributed by atoms with Gasteiger partial charge in [0, 0.05) is 13.1 Å². The van der Waals surface area contributed by atoms with E-state index in [1.807, 2.05) is 39.6 Å². The first kappa shape index (κ1) is 20.6. The number of aromatic nitrogens is 4. The van der Waals surface area contributed by atoms with Crippen molar-refractivity contribution in [1.29, 1.82) is 0 Å². The van der Waals surface area contributed by atoms with Crippen molar-refractivity contribution in [1.82, 2.24) is 24.1 Å². The third kappa shape index (κ3) is 3.62. The van der Waals surface area contributed by atoms with Gasteiger partial charge in [-0.15, -0.1) is 10.2 Å². The molecule has 4 aromatic rings. The highest BCUT2D eigenvalue weighted by atomic mass is 32.2. The Bertz CT molecular complexity index is 1340. The van der Waals surface area contributed by atoms with Crippen LogP contribution >= 0.6 is 11.8 Å². The predicted octanol–water partition coefficient (Wildman–Crippen LogP) is 3.15. The van der Waals surface area contributed by atoms with Gasteiger partial charge in [-0.2, -0.15) is 0 Å². The third-order valence-electron chi connectivity index (χ3n) is 5.76. The molecular weight excluding hydrogens is 426 g/mol. The molecular formula is C23H23N5O3S. The monoisotopic (exact) mass is 449 g/mol. The summed E-state index contributed by atoms with van der Waals surface area (Å²) in [6.07, 6.45) is 3.30. The topological polar surface area (TPSA) is 81.7 Å². The highest BCUT2D eigenvalue weighted by Crippen LogP contribution is 2.24. The average Bonchev–Trinajstić information content (AvgIpc) is 3.27. The van der Waals surface area contributed by atoms with Crippen LogP contribution in [0.15, 0.2) is 58.5 Å². The van der Waals surface area contributed by atoms with Crippen LogP contribution in [0.25, 0.3) is 22.4 Å². The molecule has 1 aliphatic rings. The lowest BCUT2D eigenvalue weighted by Crippen LogP contribution is -2.36. The van der Waals surface area contributed by atoms with E-state index in [9.17, 15) is 9.59 Å². The minimum atomic E-state index is -0.174. The molecule has 9 heteroatoms. The fraction of sp³-hybridized carbons (Fsp3) is 0.304. The van der Waals surface area contributed by atoms with Crippen molar-refractivity contribution in [2.45, 2.75) is 24.4 Å². The van der Waals surface area contributed by atoms with Crippen LogP contribution in [0.3, 0.4) is 0 Å². The summed E-state index contributed by atoms with van der Waals surface area (Å²) in [7, 11) is 1.60. The maximum absolute atomic E-state index is 13.4. The summed E-state index contributed by atoms with van der Waals surface area (Å²) in [6, 6.07) is 14.6. The van der Waals surface area contributed by atoms with Crippen molar-refractivity contribution in [3.63, 3.8) is 0 Å². The van der Waals surface area contributed by atoms with Crippen LogP contribution < -0.4 is 10.3 Å². The molecule has 0 atom stereocenters. The lowest BCUT2D eigenvalue weighted by molar-refractivity contribution is -0.129. The minimum Gasteiger partial charge on any atom is -0.497 e. The highest BCUT2D eigenvalue weighted by Gasteiger charge is 2.21. The molecule has 0 aliphatic carbocycles. The van der Waals surface area contributed by atoms with Crippen molar-refractivity contribution in [3.8, 4) is 11.4 Å². The van der Waals surface area contributed by atoms with E-state index in [1.165, 1.54) is 18.2 Å². The number of nitrogens with zero attached hydrogens (tertiary/aromatic N) is 5. The second-order valence-electron chi connectivity index (χ2n) is 7.70. The van der Waals surface area contributed by atoms with Crippen LogP contribution in [0, 0.1) is 0 Å². The first-order valence-corrected chi connectivity index (χ1v) is 11.6. The van der Waals surface area contributed by atoms with Gasteiger partial charge in [0.25, 0.3) is 5.56 Å². The maximum atomic E-state index is 13.4. The smallest absolute Gasteiger partial charge is 0.267 e. The number of carbonyl (C=O) groups excluding carboxylic acids is 1. The molecule has 3 heterocycles. The molecule has 164 valence electrons. The Hall–Kier alpha value is -3.33. The van der Waals surface area contributed by atoms with Crippen LogP contribution in [-0.2, 0) is 4.79 Å². The molecule has 0 N–H and O–H groups in total. The van der Waals surface area contributed by atoms with Gasteiger partial charge in [0.1, 0.15) is 5.75 Å².